The molecule has 0 aliphatic heterocycles. The molecular formula is C9H7N3O5. The third-order valence-corrected chi connectivity index (χ3v) is 2.06. The van der Waals surface area contributed by atoms with Crippen molar-refractivity contribution in [2.75, 3.05) is 0 Å². The standard InChI is InChI=1S/C9H7N3O5/c1-12-3-10-2-4(12)7-11-5(8(13)14)6(17-7)9(15)16/h2-3H,1H3,(H,13,14)(H,15,16). The predicted molar refractivity (Wildman–Crippen MR) is 52.6 cm³/mol. The number of aromatic nitrogens is 3. The minimum Gasteiger partial charge on any atom is -0.476 e. The van der Waals surface area contributed by atoms with E-state index in [1.807, 2.05) is 0 Å². The second kappa shape index (κ2) is 3.74. The summed E-state index contributed by atoms with van der Waals surface area (Å²) in [5, 5.41) is 17.6. The van der Waals surface area contributed by atoms with E-state index in [-0.39, 0.29) is 5.89 Å². The number of imidazole rings is 1. The number of oxazole rings is 1. The molecule has 0 aliphatic rings. The number of carbonyl (C=O) groups is 2. The molecule has 0 saturated carbocycles. The van der Waals surface area contributed by atoms with Crippen LogP contribution in [-0.2, 0) is 7.05 Å². The first-order valence-electron chi connectivity index (χ1n) is 4.45. The molecule has 8 heteroatoms. The molecule has 0 radical (unpaired) electrons. The van der Waals surface area contributed by atoms with Crippen LogP contribution >= 0.6 is 0 Å². The summed E-state index contributed by atoms with van der Waals surface area (Å²) in [7, 11) is 1.65. The maximum absolute atomic E-state index is 10.8. The molecule has 0 aromatic carbocycles. The van der Waals surface area contributed by atoms with Crippen LogP contribution in [0.1, 0.15) is 21.0 Å². The SMILES string of the molecule is Cn1cncc1-c1nc(C(=O)O)c(C(=O)O)o1. The zero-order valence-electron chi connectivity index (χ0n) is 8.62. The monoisotopic (exact) mass is 237 g/mol. The van der Waals surface area contributed by atoms with Crippen LogP contribution < -0.4 is 0 Å². The fraction of sp³-hybridized carbons (Fsp3) is 0.111. The summed E-state index contributed by atoms with van der Waals surface area (Å²) in [6.45, 7) is 0. The van der Waals surface area contributed by atoms with E-state index in [0.717, 1.165) is 0 Å². The first kappa shape index (κ1) is 10.9. The van der Waals surface area contributed by atoms with Gasteiger partial charge in [-0.05, 0) is 0 Å². The van der Waals surface area contributed by atoms with Gasteiger partial charge in [-0.25, -0.2) is 14.6 Å². The molecule has 2 rings (SSSR count). The Kier molecular flexibility index (Phi) is 2.39. The highest BCUT2D eigenvalue weighted by Crippen LogP contribution is 2.21. The van der Waals surface area contributed by atoms with Crippen LogP contribution in [0.5, 0.6) is 0 Å². The Labute approximate surface area is 94.1 Å². The minimum atomic E-state index is -1.48. The lowest BCUT2D eigenvalue weighted by Crippen LogP contribution is -2.05. The van der Waals surface area contributed by atoms with Crippen LogP contribution in [0.2, 0.25) is 0 Å². The Morgan fingerprint density at radius 2 is 2.06 bits per heavy atom. The normalized spacial score (nSPS) is 10.4. The number of carboxylic acids is 2. The highest BCUT2D eigenvalue weighted by molar-refractivity contribution is 5.98. The molecule has 0 unspecified atom stereocenters. The van der Waals surface area contributed by atoms with Crippen molar-refractivity contribution in [1.82, 2.24) is 14.5 Å². The van der Waals surface area contributed by atoms with Crippen LogP contribution in [0.4, 0.5) is 0 Å². The van der Waals surface area contributed by atoms with Crippen molar-refractivity contribution in [3.05, 3.63) is 24.0 Å². The van der Waals surface area contributed by atoms with E-state index >= 15 is 0 Å². The van der Waals surface area contributed by atoms with E-state index in [4.69, 9.17) is 14.6 Å². The van der Waals surface area contributed by atoms with Crippen molar-refractivity contribution < 1.29 is 24.2 Å². The molecule has 0 aliphatic carbocycles. The Bertz CT molecular complexity index is 566. The molecule has 0 fully saturated rings. The number of aromatic carboxylic acids is 2. The van der Waals surface area contributed by atoms with Crippen LogP contribution in [0.25, 0.3) is 11.6 Å². The minimum absolute atomic E-state index is 0.0974. The third kappa shape index (κ3) is 1.75. The summed E-state index contributed by atoms with van der Waals surface area (Å²) in [5.74, 6) is -3.74. The Hall–Kier alpha value is -2.64. The van der Waals surface area contributed by atoms with Crippen molar-refractivity contribution in [3.8, 4) is 11.6 Å². The average molecular weight is 237 g/mol. The van der Waals surface area contributed by atoms with Gasteiger partial charge in [0.25, 0.3) is 0 Å². The molecule has 0 saturated heterocycles. The highest BCUT2D eigenvalue weighted by Gasteiger charge is 2.26. The Balaban J connectivity index is 2.59. The van der Waals surface area contributed by atoms with Gasteiger partial charge < -0.3 is 19.2 Å². The van der Waals surface area contributed by atoms with Crippen LogP contribution in [0.15, 0.2) is 16.9 Å². The predicted octanol–water partition coefficient (Wildman–Crippen LogP) is 0.471. The number of hydrogen-bond acceptors (Lipinski definition) is 5. The van der Waals surface area contributed by atoms with Gasteiger partial charge in [0.2, 0.25) is 17.3 Å². The maximum Gasteiger partial charge on any atom is 0.374 e. The second-order valence-electron chi connectivity index (χ2n) is 3.20. The molecule has 0 amide bonds. The first-order valence-corrected chi connectivity index (χ1v) is 4.45. The van der Waals surface area contributed by atoms with Gasteiger partial charge in [0.15, 0.2) is 0 Å². The molecule has 88 valence electrons. The third-order valence-electron chi connectivity index (χ3n) is 2.06. The molecular weight excluding hydrogens is 230 g/mol. The van der Waals surface area contributed by atoms with Crippen molar-refractivity contribution in [2.45, 2.75) is 0 Å². The fourth-order valence-electron chi connectivity index (χ4n) is 1.28. The summed E-state index contributed by atoms with van der Waals surface area (Å²) < 4.78 is 6.44. The zero-order valence-corrected chi connectivity index (χ0v) is 8.62. The van der Waals surface area contributed by atoms with Crippen molar-refractivity contribution in [2.24, 2.45) is 7.05 Å². The lowest BCUT2D eigenvalue weighted by molar-refractivity contribution is 0.0624. The summed E-state index contributed by atoms with van der Waals surface area (Å²) >= 11 is 0. The van der Waals surface area contributed by atoms with E-state index in [2.05, 4.69) is 9.97 Å². The number of hydrogen-bond donors (Lipinski definition) is 2. The molecule has 8 nitrogen and oxygen atoms in total. The molecule has 2 aromatic rings. The van der Waals surface area contributed by atoms with Gasteiger partial charge in [-0.2, -0.15) is 4.98 Å². The molecule has 17 heavy (non-hydrogen) atoms. The lowest BCUT2D eigenvalue weighted by atomic mass is 10.3. The van der Waals surface area contributed by atoms with E-state index in [0.29, 0.717) is 5.69 Å². The largest absolute Gasteiger partial charge is 0.476 e. The van der Waals surface area contributed by atoms with Crippen LogP contribution in [0, 0.1) is 0 Å². The number of carboxylic acid groups (broad SMARTS) is 2. The van der Waals surface area contributed by atoms with Crippen LogP contribution in [0.3, 0.4) is 0 Å². The van der Waals surface area contributed by atoms with Crippen molar-refractivity contribution >= 4 is 11.9 Å². The lowest BCUT2D eigenvalue weighted by Gasteiger charge is -1.94. The topological polar surface area (TPSA) is 118 Å². The van der Waals surface area contributed by atoms with E-state index in [9.17, 15) is 9.59 Å². The zero-order chi connectivity index (χ0) is 12.6. The van der Waals surface area contributed by atoms with Gasteiger partial charge in [-0.15, -0.1) is 0 Å². The van der Waals surface area contributed by atoms with Crippen molar-refractivity contribution in [3.63, 3.8) is 0 Å². The average Bonchev–Trinajstić information content (AvgIpc) is 2.82. The van der Waals surface area contributed by atoms with E-state index < -0.39 is 23.4 Å². The summed E-state index contributed by atoms with van der Waals surface area (Å²) in [6, 6.07) is 0. The number of rotatable bonds is 3. The van der Waals surface area contributed by atoms with E-state index in [1.54, 1.807) is 7.05 Å². The summed E-state index contributed by atoms with van der Waals surface area (Å²) in [6.07, 6.45) is 2.85. The Morgan fingerprint density at radius 3 is 2.47 bits per heavy atom. The van der Waals surface area contributed by atoms with Crippen LogP contribution in [-0.4, -0.2) is 36.7 Å². The maximum atomic E-state index is 10.8. The highest BCUT2D eigenvalue weighted by atomic mass is 16.4. The van der Waals surface area contributed by atoms with Gasteiger partial charge in [0, 0.05) is 7.05 Å². The van der Waals surface area contributed by atoms with Gasteiger partial charge in [-0.1, -0.05) is 0 Å². The molecule has 0 spiro atoms. The fourth-order valence-corrected chi connectivity index (χ4v) is 1.28. The molecule has 0 bridgehead atoms. The number of aryl methyl sites for hydroxylation is 1. The first-order chi connectivity index (χ1) is 8.00. The smallest absolute Gasteiger partial charge is 0.374 e. The Morgan fingerprint density at radius 1 is 1.35 bits per heavy atom. The van der Waals surface area contributed by atoms with Gasteiger partial charge in [-0.3, -0.25) is 0 Å². The van der Waals surface area contributed by atoms with Gasteiger partial charge in [0.05, 0.1) is 12.5 Å². The molecule has 2 aromatic heterocycles. The summed E-state index contributed by atoms with van der Waals surface area (Å²) in [4.78, 5) is 29.0. The number of nitrogens with zero attached hydrogens (tertiary/aromatic N) is 3. The molecule has 2 heterocycles. The summed E-state index contributed by atoms with van der Waals surface area (Å²) in [5.41, 5.74) is -0.242. The quantitative estimate of drug-likeness (QED) is 0.796. The van der Waals surface area contributed by atoms with Gasteiger partial charge >= 0.3 is 11.9 Å². The molecule has 2 N–H and O–H groups in total. The second-order valence-corrected chi connectivity index (χ2v) is 3.20. The van der Waals surface area contributed by atoms with E-state index in [1.165, 1.54) is 17.1 Å². The van der Waals surface area contributed by atoms with Gasteiger partial charge in [0.1, 0.15) is 5.69 Å². The van der Waals surface area contributed by atoms with Crippen molar-refractivity contribution in [1.29, 1.82) is 0 Å². The molecule has 0 atom stereocenters.